The van der Waals surface area contributed by atoms with Gasteiger partial charge in [0.05, 0.1) is 0 Å². The van der Waals surface area contributed by atoms with Gasteiger partial charge in [-0.3, -0.25) is 0 Å². The molecule has 112 valence electrons. The Bertz CT molecular complexity index is 265. The summed E-state index contributed by atoms with van der Waals surface area (Å²) in [6.07, 6.45) is 13.0. The summed E-state index contributed by atoms with van der Waals surface area (Å²) < 4.78 is 0. The van der Waals surface area contributed by atoms with Gasteiger partial charge in [-0.15, -0.1) is 12.4 Å². The Morgan fingerprint density at radius 2 is 1.68 bits per heavy atom. The number of nitrogens with zero attached hydrogens (tertiary/aromatic N) is 1. The molecule has 3 unspecified atom stereocenters. The highest BCUT2D eigenvalue weighted by Gasteiger charge is 2.38. The second-order valence-corrected chi connectivity index (χ2v) is 7.07. The molecule has 0 aromatic heterocycles. The molecule has 1 aliphatic heterocycles. The average molecular weight is 287 g/mol. The van der Waals surface area contributed by atoms with Crippen LogP contribution in [0.3, 0.4) is 0 Å². The van der Waals surface area contributed by atoms with Crippen LogP contribution in [0.5, 0.6) is 0 Å². The highest BCUT2D eigenvalue weighted by atomic mass is 35.5. The van der Waals surface area contributed by atoms with E-state index in [1.54, 1.807) is 0 Å². The topological polar surface area (TPSA) is 29.3 Å². The summed E-state index contributed by atoms with van der Waals surface area (Å²) in [6, 6.07) is 0.503. The Labute approximate surface area is 124 Å². The van der Waals surface area contributed by atoms with Crippen LogP contribution in [0.25, 0.3) is 0 Å². The quantitative estimate of drug-likeness (QED) is 0.861. The van der Waals surface area contributed by atoms with E-state index in [9.17, 15) is 0 Å². The third-order valence-corrected chi connectivity index (χ3v) is 5.81. The number of halogens is 1. The van der Waals surface area contributed by atoms with Gasteiger partial charge in [-0.25, -0.2) is 0 Å². The molecule has 2 nitrogen and oxygen atoms in total. The largest absolute Gasteiger partial charge is 0.327 e. The molecule has 0 aromatic rings. The molecule has 3 fully saturated rings. The minimum Gasteiger partial charge on any atom is -0.327 e. The van der Waals surface area contributed by atoms with E-state index < -0.39 is 0 Å². The molecule has 0 radical (unpaired) electrons. The van der Waals surface area contributed by atoms with E-state index in [-0.39, 0.29) is 12.4 Å². The molecule has 2 saturated carbocycles. The Kier molecular flexibility index (Phi) is 5.98. The lowest BCUT2D eigenvalue weighted by atomic mass is 9.78. The first-order valence-corrected chi connectivity index (χ1v) is 8.31. The van der Waals surface area contributed by atoms with Crippen LogP contribution >= 0.6 is 12.4 Å². The fourth-order valence-corrected chi connectivity index (χ4v) is 4.63. The predicted octanol–water partition coefficient (Wildman–Crippen LogP) is 3.44. The summed E-state index contributed by atoms with van der Waals surface area (Å²) in [5, 5.41) is 0. The summed E-state index contributed by atoms with van der Waals surface area (Å²) in [6.45, 7) is 4.01. The van der Waals surface area contributed by atoms with E-state index >= 15 is 0 Å². The third kappa shape index (κ3) is 3.86. The number of fused-ring (bicyclic) bond motifs is 1. The van der Waals surface area contributed by atoms with Crippen molar-refractivity contribution in [2.75, 3.05) is 19.6 Å². The monoisotopic (exact) mass is 286 g/mol. The Balaban J connectivity index is 0.00000133. The second kappa shape index (κ2) is 7.28. The summed E-state index contributed by atoms with van der Waals surface area (Å²) in [5.74, 6) is 2.79. The van der Waals surface area contributed by atoms with Crippen LogP contribution in [0.4, 0.5) is 0 Å². The zero-order valence-electron chi connectivity index (χ0n) is 12.2. The van der Waals surface area contributed by atoms with Gasteiger partial charge in [0.15, 0.2) is 0 Å². The molecule has 1 heterocycles. The summed E-state index contributed by atoms with van der Waals surface area (Å²) in [7, 11) is 0. The van der Waals surface area contributed by atoms with Crippen LogP contribution < -0.4 is 5.73 Å². The lowest BCUT2D eigenvalue weighted by Crippen LogP contribution is -2.38. The van der Waals surface area contributed by atoms with E-state index in [4.69, 9.17) is 5.73 Å². The van der Waals surface area contributed by atoms with Crippen LogP contribution in [-0.2, 0) is 0 Å². The Hall–Kier alpha value is 0.210. The maximum Gasteiger partial charge on any atom is 0.00825 e. The molecular formula is C16H31ClN2. The maximum absolute atomic E-state index is 6.29. The van der Waals surface area contributed by atoms with Crippen LogP contribution in [0.2, 0.25) is 0 Å². The molecule has 0 bridgehead atoms. The molecular weight excluding hydrogens is 256 g/mol. The van der Waals surface area contributed by atoms with Gasteiger partial charge in [-0.05, 0) is 43.6 Å². The van der Waals surface area contributed by atoms with Crippen LogP contribution in [0, 0.1) is 17.8 Å². The first kappa shape index (κ1) is 15.6. The highest BCUT2D eigenvalue weighted by Crippen LogP contribution is 2.36. The van der Waals surface area contributed by atoms with E-state index in [1.807, 2.05) is 0 Å². The van der Waals surface area contributed by atoms with Gasteiger partial charge in [0.25, 0.3) is 0 Å². The van der Waals surface area contributed by atoms with Crippen molar-refractivity contribution in [3.05, 3.63) is 0 Å². The summed E-state index contributed by atoms with van der Waals surface area (Å²) >= 11 is 0. The van der Waals surface area contributed by atoms with Crippen molar-refractivity contribution < 1.29 is 0 Å². The predicted molar refractivity (Wildman–Crippen MR) is 83.7 cm³/mol. The van der Waals surface area contributed by atoms with Gasteiger partial charge in [-0.1, -0.05) is 38.5 Å². The van der Waals surface area contributed by atoms with Crippen molar-refractivity contribution in [3.63, 3.8) is 0 Å². The number of nitrogens with two attached hydrogens (primary N) is 1. The maximum atomic E-state index is 6.29. The standard InChI is InChI=1S/C16H30N2.ClH/c17-16-8-4-7-14-11-18(12-15(14)16)10-9-13-5-2-1-3-6-13;/h13-16H,1-12,17H2;1H. The first-order valence-electron chi connectivity index (χ1n) is 8.31. The molecule has 1 saturated heterocycles. The van der Waals surface area contributed by atoms with Crippen molar-refractivity contribution in [2.24, 2.45) is 23.5 Å². The Morgan fingerprint density at radius 1 is 0.895 bits per heavy atom. The molecule has 0 aromatic carbocycles. The first-order chi connectivity index (χ1) is 8.83. The van der Waals surface area contributed by atoms with E-state index in [0.717, 1.165) is 17.8 Å². The number of likely N-dealkylation sites (tertiary alicyclic amines) is 1. The summed E-state index contributed by atoms with van der Waals surface area (Å²) in [4.78, 5) is 2.73. The lowest BCUT2D eigenvalue weighted by Gasteiger charge is -2.30. The van der Waals surface area contributed by atoms with Crippen molar-refractivity contribution in [1.29, 1.82) is 0 Å². The van der Waals surface area contributed by atoms with Gasteiger partial charge >= 0.3 is 0 Å². The molecule has 19 heavy (non-hydrogen) atoms. The normalized spacial score (nSPS) is 36.8. The van der Waals surface area contributed by atoms with Crippen molar-refractivity contribution in [2.45, 2.75) is 63.8 Å². The van der Waals surface area contributed by atoms with Crippen LogP contribution in [0.15, 0.2) is 0 Å². The van der Waals surface area contributed by atoms with E-state index in [0.29, 0.717) is 6.04 Å². The average Bonchev–Trinajstić information content (AvgIpc) is 2.82. The van der Waals surface area contributed by atoms with E-state index in [1.165, 1.54) is 77.4 Å². The fourth-order valence-electron chi connectivity index (χ4n) is 4.63. The molecule has 3 atom stereocenters. The lowest BCUT2D eigenvalue weighted by molar-refractivity contribution is 0.253. The fraction of sp³-hybridized carbons (Fsp3) is 1.00. The van der Waals surface area contributed by atoms with Gasteiger partial charge in [-0.2, -0.15) is 0 Å². The van der Waals surface area contributed by atoms with Gasteiger partial charge in [0.1, 0.15) is 0 Å². The van der Waals surface area contributed by atoms with Gasteiger partial charge in [0, 0.05) is 19.1 Å². The SMILES string of the molecule is Cl.NC1CCCC2CN(CCC3CCCCC3)CC12. The highest BCUT2D eigenvalue weighted by molar-refractivity contribution is 5.85. The zero-order valence-corrected chi connectivity index (χ0v) is 13.0. The molecule has 3 rings (SSSR count). The molecule has 3 heteroatoms. The van der Waals surface area contributed by atoms with Gasteiger partial charge < -0.3 is 10.6 Å². The molecule has 2 N–H and O–H groups in total. The third-order valence-electron chi connectivity index (χ3n) is 5.81. The summed E-state index contributed by atoms with van der Waals surface area (Å²) in [5.41, 5.74) is 6.29. The molecule has 0 amide bonds. The van der Waals surface area contributed by atoms with Gasteiger partial charge in [0.2, 0.25) is 0 Å². The number of hydrogen-bond acceptors (Lipinski definition) is 2. The molecule has 3 aliphatic rings. The minimum absolute atomic E-state index is 0. The van der Waals surface area contributed by atoms with Crippen LogP contribution in [-0.4, -0.2) is 30.6 Å². The molecule has 0 spiro atoms. The smallest absolute Gasteiger partial charge is 0.00825 e. The zero-order chi connectivity index (χ0) is 12.4. The van der Waals surface area contributed by atoms with Crippen LogP contribution in [0.1, 0.15) is 57.8 Å². The van der Waals surface area contributed by atoms with E-state index in [2.05, 4.69) is 4.90 Å². The second-order valence-electron chi connectivity index (χ2n) is 7.07. The molecule has 2 aliphatic carbocycles. The number of hydrogen-bond donors (Lipinski definition) is 1. The van der Waals surface area contributed by atoms with Crippen molar-refractivity contribution in [1.82, 2.24) is 4.90 Å². The minimum atomic E-state index is 0. The van der Waals surface area contributed by atoms with Crippen molar-refractivity contribution in [3.8, 4) is 0 Å². The Morgan fingerprint density at radius 3 is 2.42 bits per heavy atom. The number of rotatable bonds is 3. The van der Waals surface area contributed by atoms with Crippen molar-refractivity contribution >= 4 is 12.4 Å².